The van der Waals surface area contributed by atoms with Crippen molar-refractivity contribution in [3.8, 4) is 11.5 Å². The number of carbonyl (C=O) groups is 5. The van der Waals surface area contributed by atoms with Crippen molar-refractivity contribution < 1.29 is 47.7 Å². The first kappa shape index (κ1) is 49.8. The molecular formula is C52H60N4O10. The Labute approximate surface area is 386 Å². The summed E-state index contributed by atoms with van der Waals surface area (Å²) in [4.78, 5) is 70.0. The van der Waals surface area contributed by atoms with E-state index in [0.717, 1.165) is 22.1 Å². The molecule has 4 amide bonds. The summed E-state index contributed by atoms with van der Waals surface area (Å²) in [5.41, 5.74) is 2.00. The lowest BCUT2D eigenvalue weighted by Gasteiger charge is -2.31. The molecule has 0 spiro atoms. The molecule has 0 bridgehead atoms. The van der Waals surface area contributed by atoms with Crippen LogP contribution in [0.25, 0.3) is 10.8 Å². The molecule has 3 N–H and O–H groups in total. The number of nitrogens with one attached hydrogen (secondary N) is 3. The number of fused-ring (bicyclic) bond motifs is 1. The smallest absolute Gasteiger partial charge is 0.410 e. The normalized spacial score (nSPS) is 12.4. The lowest BCUT2D eigenvalue weighted by Crippen LogP contribution is -2.54. The van der Waals surface area contributed by atoms with Crippen LogP contribution in [0.5, 0.6) is 11.5 Å². The van der Waals surface area contributed by atoms with Gasteiger partial charge in [0.2, 0.25) is 11.8 Å². The molecule has 66 heavy (non-hydrogen) atoms. The predicted molar refractivity (Wildman–Crippen MR) is 252 cm³/mol. The molecule has 0 saturated heterocycles. The monoisotopic (exact) mass is 900 g/mol. The van der Waals surface area contributed by atoms with Gasteiger partial charge in [-0.3, -0.25) is 24.1 Å². The number of nitrogens with zero attached hydrogens (tertiary/aromatic N) is 1. The van der Waals surface area contributed by atoms with Gasteiger partial charge in [0.1, 0.15) is 42.4 Å². The van der Waals surface area contributed by atoms with Crippen LogP contribution in [0.2, 0.25) is 0 Å². The van der Waals surface area contributed by atoms with Crippen LogP contribution in [0.4, 0.5) is 4.79 Å². The van der Waals surface area contributed by atoms with Crippen molar-refractivity contribution >= 4 is 40.6 Å². The third kappa shape index (κ3) is 15.5. The van der Waals surface area contributed by atoms with E-state index in [-0.39, 0.29) is 44.3 Å². The van der Waals surface area contributed by atoms with Crippen LogP contribution in [0.3, 0.4) is 0 Å². The van der Waals surface area contributed by atoms with E-state index in [1.807, 2.05) is 97.1 Å². The number of amides is 4. The Morgan fingerprint density at radius 1 is 0.773 bits per heavy atom. The van der Waals surface area contributed by atoms with Crippen LogP contribution in [0, 0.1) is 0 Å². The number of methoxy groups -OCH3 is 1. The Balaban J connectivity index is 1.40. The average Bonchev–Trinajstić information content (AvgIpc) is 3.30. The summed E-state index contributed by atoms with van der Waals surface area (Å²) in [6.45, 7) is 8.90. The first-order valence-electron chi connectivity index (χ1n) is 21.8. The van der Waals surface area contributed by atoms with Gasteiger partial charge in [0.05, 0.1) is 38.3 Å². The summed E-state index contributed by atoms with van der Waals surface area (Å²) < 4.78 is 28.6. The average molecular weight is 901 g/mol. The second-order valence-electron chi connectivity index (χ2n) is 16.6. The van der Waals surface area contributed by atoms with Crippen LogP contribution in [0.1, 0.15) is 54.2 Å². The van der Waals surface area contributed by atoms with Gasteiger partial charge < -0.3 is 39.6 Å². The van der Waals surface area contributed by atoms with E-state index in [9.17, 15) is 24.0 Å². The van der Waals surface area contributed by atoms with E-state index in [0.29, 0.717) is 24.0 Å². The molecule has 0 aliphatic carbocycles. The third-order valence-electron chi connectivity index (χ3n) is 10.3. The Morgan fingerprint density at radius 2 is 1.45 bits per heavy atom. The zero-order valence-electron chi connectivity index (χ0n) is 38.3. The molecule has 0 aliphatic heterocycles. The van der Waals surface area contributed by atoms with Gasteiger partial charge in [-0.1, -0.05) is 116 Å². The first-order chi connectivity index (χ1) is 31.7. The lowest BCUT2D eigenvalue weighted by molar-refractivity contribution is -0.144. The van der Waals surface area contributed by atoms with E-state index in [1.165, 1.54) is 18.0 Å². The van der Waals surface area contributed by atoms with E-state index in [1.54, 1.807) is 52.1 Å². The molecule has 0 heterocycles. The molecule has 5 aromatic rings. The highest BCUT2D eigenvalue weighted by molar-refractivity contribution is 6.10. The predicted octanol–water partition coefficient (Wildman–Crippen LogP) is 6.98. The Morgan fingerprint density at radius 3 is 2.15 bits per heavy atom. The zero-order valence-corrected chi connectivity index (χ0v) is 38.3. The molecule has 5 aromatic carbocycles. The van der Waals surface area contributed by atoms with E-state index in [2.05, 4.69) is 22.5 Å². The second kappa shape index (κ2) is 24.8. The number of hydrogen-bond donors (Lipinski definition) is 3. The molecule has 14 nitrogen and oxygen atoms in total. The Kier molecular flexibility index (Phi) is 18.7. The number of carbonyl (C=O) groups excluding carboxylic acids is 5. The maximum absolute atomic E-state index is 14.5. The van der Waals surface area contributed by atoms with Gasteiger partial charge >= 0.3 is 12.1 Å². The molecule has 348 valence electrons. The summed E-state index contributed by atoms with van der Waals surface area (Å²) in [6, 6.07) is 34.0. The minimum absolute atomic E-state index is 0.0717. The second-order valence-corrected chi connectivity index (χ2v) is 16.6. The fraction of sp³-hybridized carbons (Fsp3) is 0.327. The molecule has 3 atom stereocenters. The van der Waals surface area contributed by atoms with Gasteiger partial charge in [0.15, 0.2) is 0 Å². The molecule has 0 radical (unpaired) electrons. The first-order valence-corrected chi connectivity index (χ1v) is 21.8. The Hall–Kier alpha value is -7.19. The van der Waals surface area contributed by atoms with Crippen molar-refractivity contribution in [2.75, 3.05) is 40.5 Å². The third-order valence-corrected chi connectivity index (χ3v) is 10.3. The number of rotatable bonds is 23. The maximum Gasteiger partial charge on any atom is 0.410 e. The largest absolute Gasteiger partial charge is 0.497 e. The Bertz CT molecular complexity index is 2400. The van der Waals surface area contributed by atoms with Crippen LogP contribution < -0.4 is 25.4 Å². The number of likely N-dealkylation sites (N-methyl/N-ethyl adjacent to an activating group) is 1. The van der Waals surface area contributed by atoms with Crippen molar-refractivity contribution in [1.29, 1.82) is 0 Å². The van der Waals surface area contributed by atoms with Gasteiger partial charge in [0, 0.05) is 13.6 Å². The standard InChI is InChI=1S/C52H60N4O10/c1-7-29-64-46(57)32-43(48(58)53-28-27-37-21-16-23-41(31-37)62-6)55-50(60)47-42-24-15-14-22-39(42)25-26-45(47)65-34-40(30-36-17-10-8-11-18-36)54-49(59)44(56(5)51(61)66-52(2,3)4)35-63-33-38-19-12-9-13-20-38/h7-26,31,40,43-44H,1,27-30,32-35H2,2-6H3,(H,53,58)(H,54,59)(H,55,60)/t40-,43+,44+/m1/s1. The van der Waals surface area contributed by atoms with E-state index < -0.39 is 59.9 Å². The molecule has 14 heteroatoms. The molecular weight excluding hydrogens is 841 g/mol. The van der Waals surface area contributed by atoms with Crippen molar-refractivity contribution in [3.63, 3.8) is 0 Å². The summed E-state index contributed by atoms with van der Waals surface area (Å²) in [7, 11) is 3.06. The van der Waals surface area contributed by atoms with Crippen molar-refractivity contribution in [2.24, 2.45) is 0 Å². The van der Waals surface area contributed by atoms with Gasteiger partial charge in [-0.25, -0.2) is 4.79 Å². The SMILES string of the molecule is C=CCOC(=O)C[C@H](NC(=O)c1c(OC[C@@H](Cc2ccccc2)NC(=O)[C@H](COCc2ccccc2)N(C)C(=O)OC(C)(C)C)ccc2ccccc12)C(=O)NCCc1cccc(OC)c1. The van der Waals surface area contributed by atoms with Gasteiger partial charge in [-0.15, -0.1) is 0 Å². The lowest BCUT2D eigenvalue weighted by atomic mass is 10.0. The maximum atomic E-state index is 14.5. The van der Waals surface area contributed by atoms with E-state index >= 15 is 0 Å². The molecule has 0 saturated carbocycles. The quantitative estimate of drug-likeness (QED) is 0.0459. The fourth-order valence-corrected chi connectivity index (χ4v) is 6.93. The summed E-state index contributed by atoms with van der Waals surface area (Å²) in [5, 5.41) is 9.94. The summed E-state index contributed by atoms with van der Waals surface area (Å²) >= 11 is 0. The molecule has 0 fully saturated rings. The molecule has 0 aromatic heterocycles. The number of benzene rings is 5. The molecule has 0 aliphatic rings. The van der Waals surface area contributed by atoms with Crippen molar-refractivity contribution in [2.45, 2.75) is 70.4 Å². The number of hydrogen-bond acceptors (Lipinski definition) is 10. The van der Waals surface area contributed by atoms with Crippen LogP contribution in [0.15, 0.2) is 134 Å². The zero-order chi connectivity index (χ0) is 47.5. The van der Waals surface area contributed by atoms with Gasteiger partial charge in [-0.05, 0) is 79.3 Å². The van der Waals surface area contributed by atoms with Gasteiger partial charge in [0.25, 0.3) is 5.91 Å². The highest BCUT2D eigenvalue weighted by Crippen LogP contribution is 2.29. The highest BCUT2D eigenvalue weighted by Gasteiger charge is 2.33. The number of ether oxygens (including phenoxy) is 5. The minimum atomic E-state index is -1.32. The number of esters is 1. The molecule has 5 rings (SSSR count). The fourth-order valence-electron chi connectivity index (χ4n) is 6.93. The molecule has 0 unspecified atom stereocenters. The van der Waals surface area contributed by atoms with Gasteiger partial charge in [-0.2, -0.15) is 0 Å². The van der Waals surface area contributed by atoms with Crippen LogP contribution in [-0.2, 0) is 48.0 Å². The summed E-state index contributed by atoms with van der Waals surface area (Å²) in [5.74, 6) is -1.65. The minimum Gasteiger partial charge on any atom is -0.497 e. The topological polar surface area (TPSA) is 171 Å². The van der Waals surface area contributed by atoms with Crippen molar-refractivity contribution in [3.05, 3.63) is 156 Å². The summed E-state index contributed by atoms with van der Waals surface area (Å²) in [6.07, 6.45) is 1.04. The van der Waals surface area contributed by atoms with Crippen molar-refractivity contribution in [1.82, 2.24) is 20.9 Å². The van der Waals surface area contributed by atoms with Crippen LogP contribution in [-0.4, -0.2) is 98.9 Å². The van der Waals surface area contributed by atoms with E-state index in [4.69, 9.17) is 23.7 Å². The highest BCUT2D eigenvalue weighted by atomic mass is 16.6. The van der Waals surface area contributed by atoms with Crippen LogP contribution >= 0.6 is 0 Å².